The van der Waals surface area contributed by atoms with Gasteiger partial charge in [0.15, 0.2) is 0 Å². The van der Waals surface area contributed by atoms with Crippen LogP contribution in [0.25, 0.3) is 0 Å². The van der Waals surface area contributed by atoms with Crippen molar-refractivity contribution in [1.29, 1.82) is 0 Å². The monoisotopic (exact) mass is 410 g/mol. The predicted octanol–water partition coefficient (Wildman–Crippen LogP) is 3.21. The Labute approximate surface area is 176 Å². The molecule has 0 saturated carbocycles. The standard InChI is InChI=1S/C23H26N2O5/c1-23(2,3)30-20(26)14-25-19-12-8-7-11-17(19)13-18(21(25)27)24-22(28)29-15-16-9-5-4-6-10-16/h4-12,18H,13-15H2,1-3H3,(H,24,28)/t18-/m0/s1. The van der Waals surface area contributed by atoms with Crippen LogP contribution in [0, 0.1) is 0 Å². The SMILES string of the molecule is CC(C)(C)OC(=O)CN1C(=O)[C@@H](NC(=O)OCc2ccccc2)Cc2ccccc21. The fourth-order valence-corrected chi connectivity index (χ4v) is 3.25. The molecule has 1 heterocycles. The van der Waals surface area contributed by atoms with Crippen molar-refractivity contribution < 1.29 is 23.9 Å². The van der Waals surface area contributed by atoms with Gasteiger partial charge in [0.25, 0.3) is 5.91 Å². The molecule has 1 aliphatic heterocycles. The van der Waals surface area contributed by atoms with Crippen molar-refractivity contribution in [2.24, 2.45) is 0 Å². The van der Waals surface area contributed by atoms with Gasteiger partial charge in [-0.15, -0.1) is 0 Å². The third kappa shape index (κ3) is 5.59. The lowest BCUT2D eigenvalue weighted by molar-refractivity contribution is -0.153. The van der Waals surface area contributed by atoms with Gasteiger partial charge in [-0.2, -0.15) is 0 Å². The zero-order valence-corrected chi connectivity index (χ0v) is 17.4. The topological polar surface area (TPSA) is 84.9 Å². The number of fused-ring (bicyclic) bond motifs is 1. The predicted molar refractivity (Wildman–Crippen MR) is 112 cm³/mol. The number of carbonyl (C=O) groups excluding carboxylic acids is 3. The summed E-state index contributed by atoms with van der Waals surface area (Å²) in [6.45, 7) is 5.17. The van der Waals surface area contributed by atoms with Gasteiger partial charge in [0, 0.05) is 12.1 Å². The quantitative estimate of drug-likeness (QED) is 0.765. The lowest BCUT2D eigenvalue weighted by Crippen LogP contribution is -2.54. The number of alkyl carbamates (subject to hydrolysis) is 1. The molecule has 0 fully saturated rings. The Balaban J connectivity index is 1.69. The maximum Gasteiger partial charge on any atom is 0.408 e. The third-order valence-electron chi connectivity index (χ3n) is 4.48. The first-order valence-corrected chi connectivity index (χ1v) is 9.81. The molecule has 30 heavy (non-hydrogen) atoms. The number of esters is 1. The molecule has 2 amide bonds. The summed E-state index contributed by atoms with van der Waals surface area (Å²) >= 11 is 0. The fourth-order valence-electron chi connectivity index (χ4n) is 3.25. The number of nitrogens with one attached hydrogen (secondary N) is 1. The van der Waals surface area contributed by atoms with Gasteiger partial charge in [0.05, 0.1) is 0 Å². The Morgan fingerprint density at radius 3 is 2.43 bits per heavy atom. The molecular formula is C23H26N2O5. The van der Waals surface area contributed by atoms with E-state index in [2.05, 4.69) is 5.32 Å². The molecular weight excluding hydrogens is 384 g/mol. The molecule has 0 spiro atoms. The van der Waals surface area contributed by atoms with E-state index in [0.717, 1.165) is 11.1 Å². The lowest BCUT2D eigenvalue weighted by Gasteiger charge is -2.34. The number of hydrogen-bond acceptors (Lipinski definition) is 5. The van der Waals surface area contributed by atoms with Crippen LogP contribution in [0.5, 0.6) is 0 Å². The van der Waals surface area contributed by atoms with Gasteiger partial charge in [-0.25, -0.2) is 4.79 Å². The summed E-state index contributed by atoms with van der Waals surface area (Å²) in [5.41, 5.74) is 1.69. The molecule has 0 saturated heterocycles. The number of amides is 2. The molecule has 1 aliphatic rings. The highest BCUT2D eigenvalue weighted by atomic mass is 16.6. The zero-order chi connectivity index (χ0) is 21.7. The first kappa shape index (κ1) is 21.4. The van der Waals surface area contributed by atoms with Gasteiger partial charge in [-0.05, 0) is 38.0 Å². The van der Waals surface area contributed by atoms with Gasteiger partial charge < -0.3 is 14.8 Å². The number of anilines is 1. The number of benzene rings is 2. The number of rotatable bonds is 5. The molecule has 0 radical (unpaired) electrons. The highest BCUT2D eigenvalue weighted by Crippen LogP contribution is 2.28. The van der Waals surface area contributed by atoms with E-state index in [1.165, 1.54) is 4.90 Å². The van der Waals surface area contributed by atoms with Gasteiger partial charge in [0.2, 0.25) is 0 Å². The van der Waals surface area contributed by atoms with Gasteiger partial charge in [-0.3, -0.25) is 14.5 Å². The minimum absolute atomic E-state index is 0.103. The highest BCUT2D eigenvalue weighted by molar-refractivity contribution is 6.04. The molecule has 3 rings (SSSR count). The van der Waals surface area contributed by atoms with Crippen LogP contribution >= 0.6 is 0 Å². The Morgan fingerprint density at radius 1 is 1.07 bits per heavy atom. The smallest absolute Gasteiger partial charge is 0.408 e. The van der Waals surface area contributed by atoms with E-state index in [-0.39, 0.29) is 19.1 Å². The van der Waals surface area contributed by atoms with Crippen LogP contribution in [-0.4, -0.2) is 36.2 Å². The van der Waals surface area contributed by atoms with E-state index in [4.69, 9.17) is 9.47 Å². The molecule has 7 heteroatoms. The first-order chi connectivity index (χ1) is 14.2. The average Bonchev–Trinajstić information content (AvgIpc) is 2.69. The molecule has 158 valence electrons. The minimum Gasteiger partial charge on any atom is -0.459 e. The molecule has 0 aliphatic carbocycles. The number of hydrogen-bond donors (Lipinski definition) is 1. The van der Waals surface area contributed by atoms with E-state index in [0.29, 0.717) is 12.1 Å². The van der Waals surface area contributed by atoms with Gasteiger partial charge in [-0.1, -0.05) is 48.5 Å². The molecule has 2 aromatic carbocycles. The summed E-state index contributed by atoms with van der Waals surface area (Å²) in [6, 6.07) is 15.7. The highest BCUT2D eigenvalue weighted by Gasteiger charge is 2.35. The van der Waals surface area contributed by atoms with Crippen molar-refractivity contribution in [2.75, 3.05) is 11.4 Å². The number of ether oxygens (including phenoxy) is 2. The molecule has 7 nitrogen and oxygen atoms in total. The molecule has 1 N–H and O–H groups in total. The Hall–Kier alpha value is -3.35. The van der Waals surface area contributed by atoms with E-state index < -0.39 is 23.7 Å². The third-order valence-corrected chi connectivity index (χ3v) is 4.48. The van der Waals surface area contributed by atoms with E-state index in [1.807, 2.05) is 42.5 Å². The van der Waals surface area contributed by atoms with Crippen LogP contribution in [0.3, 0.4) is 0 Å². The van der Waals surface area contributed by atoms with E-state index >= 15 is 0 Å². The van der Waals surface area contributed by atoms with Crippen LogP contribution in [0.1, 0.15) is 31.9 Å². The van der Waals surface area contributed by atoms with Crippen molar-refractivity contribution in [2.45, 2.75) is 45.4 Å². The Morgan fingerprint density at radius 2 is 1.73 bits per heavy atom. The summed E-state index contributed by atoms with van der Waals surface area (Å²) in [5, 5.41) is 2.63. The molecule has 2 aromatic rings. The Kier molecular flexibility index (Phi) is 6.40. The largest absolute Gasteiger partial charge is 0.459 e. The van der Waals surface area contributed by atoms with Crippen LogP contribution < -0.4 is 10.2 Å². The summed E-state index contributed by atoms with van der Waals surface area (Å²) in [4.78, 5) is 39.0. The summed E-state index contributed by atoms with van der Waals surface area (Å²) in [5.74, 6) is -0.894. The molecule has 0 unspecified atom stereocenters. The second-order valence-corrected chi connectivity index (χ2v) is 8.10. The van der Waals surface area contributed by atoms with E-state index in [9.17, 15) is 14.4 Å². The van der Waals surface area contributed by atoms with Crippen molar-refractivity contribution in [3.05, 3.63) is 65.7 Å². The number of carbonyl (C=O) groups is 3. The Bertz CT molecular complexity index is 921. The van der Waals surface area contributed by atoms with Crippen molar-refractivity contribution >= 4 is 23.7 Å². The maximum absolute atomic E-state index is 13.0. The average molecular weight is 410 g/mol. The maximum atomic E-state index is 13.0. The molecule has 0 bridgehead atoms. The number of para-hydroxylation sites is 1. The van der Waals surface area contributed by atoms with Crippen LogP contribution in [0.15, 0.2) is 54.6 Å². The summed E-state index contributed by atoms with van der Waals surface area (Å²) < 4.78 is 10.6. The second kappa shape index (κ2) is 8.98. The van der Waals surface area contributed by atoms with Crippen LogP contribution in [0.2, 0.25) is 0 Å². The summed E-state index contributed by atoms with van der Waals surface area (Å²) in [6.07, 6.45) is -0.367. The minimum atomic E-state index is -0.828. The van der Waals surface area contributed by atoms with Gasteiger partial charge in [0.1, 0.15) is 24.8 Å². The number of nitrogens with zero attached hydrogens (tertiary/aromatic N) is 1. The van der Waals surface area contributed by atoms with Crippen molar-refractivity contribution in [3.8, 4) is 0 Å². The first-order valence-electron chi connectivity index (χ1n) is 9.81. The second-order valence-electron chi connectivity index (χ2n) is 8.10. The molecule has 1 atom stereocenters. The fraction of sp³-hybridized carbons (Fsp3) is 0.348. The van der Waals surface area contributed by atoms with Crippen LogP contribution in [0.4, 0.5) is 10.5 Å². The lowest BCUT2D eigenvalue weighted by atomic mass is 9.97. The van der Waals surface area contributed by atoms with E-state index in [1.54, 1.807) is 32.9 Å². The molecule has 0 aromatic heterocycles. The zero-order valence-electron chi connectivity index (χ0n) is 17.4. The van der Waals surface area contributed by atoms with Gasteiger partial charge >= 0.3 is 12.1 Å². The van der Waals surface area contributed by atoms with Crippen molar-refractivity contribution in [3.63, 3.8) is 0 Å². The van der Waals surface area contributed by atoms with Crippen LogP contribution in [-0.2, 0) is 32.1 Å². The van der Waals surface area contributed by atoms with Crippen molar-refractivity contribution in [1.82, 2.24) is 5.32 Å². The summed E-state index contributed by atoms with van der Waals surface area (Å²) in [7, 11) is 0. The normalized spacial score (nSPS) is 15.9.